The molecule has 88 valence electrons. The molecule has 0 spiro atoms. The second kappa shape index (κ2) is 5.41. The van der Waals surface area contributed by atoms with Crippen LogP contribution in [0, 0.1) is 5.95 Å². The van der Waals surface area contributed by atoms with Crippen LogP contribution in [0.1, 0.15) is 5.56 Å². The van der Waals surface area contributed by atoms with Gasteiger partial charge in [-0.25, -0.2) is 0 Å². The van der Waals surface area contributed by atoms with E-state index in [2.05, 4.69) is 4.98 Å². The Bertz CT molecular complexity index is 502. The predicted octanol–water partition coefficient (Wildman–Crippen LogP) is 2.55. The van der Waals surface area contributed by atoms with Gasteiger partial charge in [0.05, 0.1) is 0 Å². The van der Waals surface area contributed by atoms with Gasteiger partial charge in [0, 0.05) is 12.7 Å². The highest BCUT2D eigenvalue weighted by Gasteiger charge is 2.05. The lowest BCUT2D eigenvalue weighted by atomic mass is 10.1. The predicted molar refractivity (Wildman–Crippen MR) is 61.5 cm³/mol. The van der Waals surface area contributed by atoms with E-state index in [1.54, 1.807) is 12.1 Å². The van der Waals surface area contributed by atoms with Gasteiger partial charge in [0.2, 0.25) is 11.8 Å². The fourth-order valence-electron chi connectivity index (χ4n) is 1.49. The fraction of sp³-hybridized carbons (Fsp3) is 0.154. The minimum atomic E-state index is -0.581. The van der Waals surface area contributed by atoms with Gasteiger partial charge in [-0.3, -0.25) is 0 Å². The third kappa shape index (κ3) is 3.01. The molecule has 1 heterocycles. The van der Waals surface area contributed by atoms with Gasteiger partial charge in [-0.1, -0.05) is 24.3 Å². The van der Waals surface area contributed by atoms with Crippen molar-refractivity contribution in [1.82, 2.24) is 4.98 Å². The molecule has 0 bridgehead atoms. The van der Waals surface area contributed by atoms with Crippen molar-refractivity contribution in [3.05, 3.63) is 54.0 Å². The van der Waals surface area contributed by atoms with Crippen molar-refractivity contribution in [3.63, 3.8) is 0 Å². The first-order chi connectivity index (χ1) is 8.29. The van der Waals surface area contributed by atoms with Gasteiger partial charge in [0.1, 0.15) is 5.75 Å². The van der Waals surface area contributed by atoms with Crippen molar-refractivity contribution in [1.29, 1.82) is 0 Å². The zero-order valence-corrected chi connectivity index (χ0v) is 9.14. The first-order valence-electron chi connectivity index (χ1n) is 5.29. The summed E-state index contributed by atoms with van der Waals surface area (Å²) in [5.74, 6) is 0.206. The first kappa shape index (κ1) is 11.5. The number of halogens is 1. The van der Waals surface area contributed by atoms with Gasteiger partial charge < -0.3 is 9.84 Å². The quantitative estimate of drug-likeness (QED) is 0.825. The molecule has 0 unspecified atom stereocenters. The number of aromatic nitrogens is 1. The monoisotopic (exact) mass is 233 g/mol. The van der Waals surface area contributed by atoms with Gasteiger partial charge in [-0.05, 0) is 24.1 Å². The Labute approximate surface area is 98.5 Å². The summed E-state index contributed by atoms with van der Waals surface area (Å²) in [7, 11) is 0. The maximum atomic E-state index is 12.9. The summed E-state index contributed by atoms with van der Waals surface area (Å²) in [6, 6.07) is 11.7. The Balaban J connectivity index is 2.23. The van der Waals surface area contributed by atoms with Crippen molar-refractivity contribution in [2.24, 2.45) is 0 Å². The molecule has 17 heavy (non-hydrogen) atoms. The number of aliphatic hydroxyl groups is 1. The summed E-state index contributed by atoms with van der Waals surface area (Å²) in [6.07, 6.45) is 0.492. The molecule has 4 heteroatoms. The van der Waals surface area contributed by atoms with Crippen LogP contribution in [0.3, 0.4) is 0 Å². The fourth-order valence-corrected chi connectivity index (χ4v) is 1.49. The van der Waals surface area contributed by atoms with Crippen LogP contribution in [-0.2, 0) is 6.42 Å². The lowest BCUT2D eigenvalue weighted by molar-refractivity contribution is 0.297. The molecule has 1 N–H and O–H groups in total. The average molecular weight is 233 g/mol. The van der Waals surface area contributed by atoms with Crippen LogP contribution in [0.25, 0.3) is 0 Å². The zero-order valence-electron chi connectivity index (χ0n) is 9.14. The molecule has 1 aromatic carbocycles. The van der Waals surface area contributed by atoms with E-state index < -0.39 is 5.95 Å². The number of aliphatic hydroxyl groups excluding tert-OH is 1. The van der Waals surface area contributed by atoms with Crippen molar-refractivity contribution in [2.45, 2.75) is 6.42 Å². The van der Waals surface area contributed by atoms with E-state index in [-0.39, 0.29) is 12.5 Å². The smallest absolute Gasteiger partial charge is 0.221 e. The van der Waals surface area contributed by atoms with Crippen LogP contribution in [0.5, 0.6) is 11.6 Å². The number of hydrogen-bond acceptors (Lipinski definition) is 3. The molecule has 2 rings (SSSR count). The molecule has 0 saturated heterocycles. The van der Waals surface area contributed by atoms with Gasteiger partial charge in [-0.2, -0.15) is 9.37 Å². The average Bonchev–Trinajstić information content (AvgIpc) is 2.32. The number of rotatable bonds is 4. The molecule has 2 aromatic rings. The molecular formula is C13H12FNO2. The lowest BCUT2D eigenvalue weighted by Gasteiger charge is -2.09. The Morgan fingerprint density at radius 2 is 1.94 bits per heavy atom. The Hall–Kier alpha value is -1.94. The molecule has 0 atom stereocenters. The SMILES string of the molecule is OCCc1ccccc1Oc1cccc(F)n1. The van der Waals surface area contributed by atoms with Crippen LogP contribution in [0.15, 0.2) is 42.5 Å². The van der Waals surface area contributed by atoms with Crippen LogP contribution in [0.4, 0.5) is 4.39 Å². The van der Waals surface area contributed by atoms with E-state index >= 15 is 0 Å². The van der Waals surface area contributed by atoms with E-state index in [4.69, 9.17) is 9.84 Å². The second-order valence-electron chi connectivity index (χ2n) is 3.48. The molecule has 0 radical (unpaired) electrons. The topological polar surface area (TPSA) is 42.4 Å². The molecule has 1 aromatic heterocycles. The molecule has 3 nitrogen and oxygen atoms in total. The number of hydrogen-bond donors (Lipinski definition) is 1. The van der Waals surface area contributed by atoms with Gasteiger partial charge >= 0.3 is 0 Å². The van der Waals surface area contributed by atoms with Gasteiger partial charge in [0.15, 0.2) is 0 Å². The van der Waals surface area contributed by atoms with Crippen molar-refractivity contribution < 1.29 is 14.2 Å². The van der Waals surface area contributed by atoms with E-state index in [0.717, 1.165) is 5.56 Å². The number of pyridine rings is 1. The van der Waals surface area contributed by atoms with E-state index in [0.29, 0.717) is 12.2 Å². The first-order valence-corrected chi connectivity index (χ1v) is 5.29. The Morgan fingerprint density at radius 1 is 1.12 bits per heavy atom. The molecule has 0 aliphatic heterocycles. The zero-order chi connectivity index (χ0) is 12.1. The number of para-hydroxylation sites is 1. The van der Waals surface area contributed by atoms with E-state index in [1.807, 2.05) is 18.2 Å². The highest BCUT2D eigenvalue weighted by atomic mass is 19.1. The van der Waals surface area contributed by atoms with Crippen LogP contribution < -0.4 is 4.74 Å². The Kier molecular flexibility index (Phi) is 3.67. The number of ether oxygens (including phenoxy) is 1. The molecule has 0 aliphatic carbocycles. The van der Waals surface area contributed by atoms with Gasteiger partial charge in [-0.15, -0.1) is 0 Å². The summed E-state index contributed by atoms with van der Waals surface area (Å²) in [5.41, 5.74) is 0.862. The van der Waals surface area contributed by atoms with Crippen LogP contribution in [-0.4, -0.2) is 16.7 Å². The lowest BCUT2D eigenvalue weighted by Crippen LogP contribution is -1.96. The summed E-state index contributed by atoms with van der Waals surface area (Å²) in [5, 5.41) is 8.92. The summed E-state index contributed by atoms with van der Waals surface area (Å²) in [6.45, 7) is 0.0386. The number of benzene rings is 1. The summed E-state index contributed by atoms with van der Waals surface area (Å²) < 4.78 is 18.4. The number of nitrogens with zero attached hydrogens (tertiary/aromatic N) is 1. The summed E-state index contributed by atoms with van der Waals surface area (Å²) in [4.78, 5) is 3.62. The van der Waals surface area contributed by atoms with E-state index in [9.17, 15) is 4.39 Å². The standard InChI is InChI=1S/C13H12FNO2/c14-12-6-3-7-13(15-12)17-11-5-2-1-4-10(11)8-9-16/h1-7,16H,8-9H2. The molecular weight excluding hydrogens is 221 g/mol. The maximum Gasteiger partial charge on any atom is 0.221 e. The van der Waals surface area contributed by atoms with Crippen molar-refractivity contribution in [2.75, 3.05) is 6.61 Å². The molecule has 0 amide bonds. The Morgan fingerprint density at radius 3 is 2.71 bits per heavy atom. The normalized spacial score (nSPS) is 10.2. The van der Waals surface area contributed by atoms with Crippen LogP contribution in [0.2, 0.25) is 0 Å². The molecule has 0 aliphatic rings. The van der Waals surface area contributed by atoms with E-state index in [1.165, 1.54) is 12.1 Å². The van der Waals surface area contributed by atoms with Crippen molar-refractivity contribution in [3.8, 4) is 11.6 Å². The minimum absolute atomic E-state index is 0.0386. The maximum absolute atomic E-state index is 12.9. The molecule has 0 saturated carbocycles. The summed E-state index contributed by atoms with van der Waals surface area (Å²) >= 11 is 0. The second-order valence-corrected chi connectivity index (χ2v) is 3.48. The van der Waals surface area contributed by atoms with Gasteiger partial charge in [0.25, 0.3) is 0 Å². The highest BCUT2D eigenvalue weighted by Crippen LogP contribution is 2.24. The molecule has 0 fully saturated rings. The van der Waals surface area contributed by atoms with Crippen LogP contribution >= 0.6 is 0 Å². The third-order valence-corrected chi connectivity index (χ3v) is 2.26. The third-order valence-electron chi connectivity index (χ3n) is 2.26. The highest BCUT2D eigenvalue weighted by molar-refractivity contribution is 5.36. The van der Waals surface area contributed by atoms with Crippen molar-refractivity contribution >= 4 is 0 Å². The largest absolute Gasteiger partial charge is 0.439 e. The minimum Gasteiger partial charge on any atom is -0.439 e.